The Morgan fingerprint density at radius 3 is 2.81 bits per heavy atom. The molecule has 1 aromatic heterocycles. The van der Waals surface area contributed by atoms with Gasteiger partial charge in [0, 0.05) is 12.6 Å². The van der Waals surface area contributed by atoms with Gasteiger partial charge in [0.05, 0.1) is 15.6 Å². The van der Waals surface area contributed by atoms with Crippen LogP contribution in [0.3, 0.4) is 0 Å². The first-order valence-electron chi connectivity index (χ1n) is 6.12. The molecule has 0 aliphatic heterocycles. The number of anilines is 3. The van der Waals surface area contributed by atoms with Crippen LogP contribution in [0, 0.1) is 15.9 Å². The van der Waals surface area contributed by atoms with Crippen molar-refractivity contribution in [1.29, 1.82) is 0 Å². The number of nitrogens with one attached hydrogen (secondary N) is 2. The lowest BCUT2D eigenvalue weighted by atomic mass is 10.3. The summed E-state index contributed by atoms with van der Waals surface area (Å²) < 4.78 is 13.2. The largest absolute Gasteiger partial charge is 0.370 e. The van der Waals surface area contributed by atoms with Crippen molar-refractivity contribution < 1.29 is 9.31 Å². The van der Waals surface area contributed by atoms with E-state index in [1.54, 1.807) is 0 Å². The molecule has 0 unspecified atom stereocenters. The molecular formula is C13H12ClFN4O2. The van der Waals surface area contributed by atoms with Crippen molar-refractivity contribution in [2.45, 2.75) is 6.92 Å². The maximum absolute atomic E-state index is 13.2. The second kappa shape index (κ2) is 6.36. The lowest BCUT2D eigenvalue weighted by Gasteiger charge is -2.10. The molecule has 0 amide bonds. The minimum Gasteiger partial charge on any atom is -0.370 e. The Morgan fingerprint density at radius 1 is 1.38 bits per heavy atom. The zero-order valence-electron chi connectivity index (χ0n) is 11.1. The zero-order valence-corrected chi connectivity index (χ0v) is 11.8. The lowest BCUT2D eigenvalue weighted by Crippen LogP contribution is -2.04. The molecular weight excluding hydrogens is 299 g/mol. The summed E-state index contributed by atoms with van der Waals surface area (Å²) in [5.41, 5.74) is -0.0158. The fourth-order valence-corrected chi connectivity index (χ4v) is 1.86. The third kappa shape index (κ3) is 3.57. The monoisotopic (exact) mass is 310 g/mol. The summed E-state index contributed by atoms with van der Waals surface area (Å²) in [6.45, 7) is 2.49. The van der Waals surface area contributed by atoms with E-state index in [9.17, 15) is 14.5 Å². The highest BCUT2D eigenvalue weighted by Gasteiger charge is 2.17. The Kier molecular flexibility index (Phi) is 4.54. The Hall–Kier alpha value is -2.41. The molecule has 0 saturated heterocycles. The van der Waals surface area contributed by atoms with Gasteiger partial charge in [-0.2, -0.15) is 0 Å². The van der Waals surface area contributed by atoms with Gasteiger partial charge in [0.25, 0.3) is 0 Å². The van der Waals surface area contributed by atoms with Gasteiger partial charge >= 0.3 is 5.69 Å². The second-order valence-corrected chi connectivity index (χ2v) is 4.51. The Balaban J connectivity index is 2.43. The van der Waals surface area contributed by atoms with Crippen molar-refractivity contribution in [2.75, 3.05) is 17.2 Å². The van der Waals surface area contributed by atoms with Crippen LogP contribution in [0.2, 0.25) is 5.02 Å². The minimum atomic E-state index is -0.571. The lowest BCUT2D eigenvalue weighted by molar-refractivity contribution is -0.384. The summed E-state index contributed by atoms with van der Waals surface area (Å²) >= 11 is 5.94. The molecule has 21 heavy (non-hydrogen) atoms. The SMILES string of the molecule is CCNc1ccc([N+](=O)[O-])c(Nc2cc(F)ccc2Cl)n1. The highest BCUT2D eigenvalue weighted by Crippen LogP contribution is 2.31. The smallest absolute Gasteiger partial charge is 0.311 e. The highest BCUT2D eigenvalue weighted by atomic mass is 35.5. The number of pyridine rings is 1. The molecule has 1 aromatic carbocycles. The number of nitrogens with zero attached hydrogens (tertiary/aromatic N) is 2. The fourth-order valence-electron chi connectivity index (χ4n) is 1.69. The first-order valence-corrected chi connectivity index (χ1v) is 6.50. The van der Waals surface area contributed by atoms with Crippen LogP contribution in [0.5, 0.6) is 0 Å². The van der Waals surface area contributed by atoms with E-state index >= 15 is 0 Å². The number of nitro groups is 1. The predicted molar refractivity (Wildman–Crippen MR) is 79.7 cm³/mol. The van der Waals surface area contributed by atoms with Crippen molar-refractivity contribution in [3.05, 3.63) is 51.3 Å². The number of hydrogen-bond acceptors (Lipinski definition) is 5. The van der Waals surface area contributed by atoms with Crippen molar-refractivity contribution >= 4 is 34.6 Å². The van der Waals surface area contributed by atoms with Crippen molar-refractivity contribution in [2.24, 2.45) is 0 Å². The van der Waals surface area contributed by atoms with Crippen molar-refractivity contribution in [1.82, 2.24) is 4.98 Å². The van der Waals surface area contributed by atoms with Crippen LogP contribution in [0.1, 0.15) is 6.92 Å². The molecule has 2 N–H and O–H groups in total. The molecule has 6 nitrogen and oxygen atoms in total. The summed E-state index contributed by atoms with van der Waals surface area (Å²) in [5, 5.41) is 16.9. The summed E-state index contributed by atoms with van der Waals surface area (Å²) in [6.07, 6.45) is 0. The zero-order chi connectivity index (χ0) is 15.4. The van der Waals surface area contributed by atoms with E-state index in [2.05, 4.69) is 15.6 Å². The van der Waals surface area contributed by atoms with Gasteiger partial charge < -0.3 is 10.6 Å². The first kappa shape index (κ1) is 15.0. The highest BCUT2D eigenvalue weighted by molar-refractivity contribution is 6.33. The molecule has 0 aliphatic rings. The number of hydrogen-bond donors (Lipinski definition) is 2. The van der Waals surface area contributed by atoms with Crippen molar-refractivity contribution in [3.8, 4) is 0 Å². The van der Waals surface area contributed by atoms with Gasteiger partial charge in [-0.15, -0.1) is 0 Å². The van der Waals surface area contributed by atoms with Crippen LogP contribution in [0.25, 0.3) is 0 Å². The van der Waals surface area contributed by atoms with Gasteiger partial charge in [0.2, 0.25) is 5.82 Å². The molecule has 0 atom stereocenters. The molecule has 8 heteroatoms. The molecule has 0 spiro atoms. The second-order valence-electron chi connectivity index (χ2n) is 4.10. The van der Waals surface area contributed by atoms with E-state index in [-0.39, 0.29) is 22.2 Å². The molecule has 2 aromatic rings. The maximum Gasteiger partial charge on any atom is 0.311 e. The van der Waals surface area contributed by atoms with E-state index < -0.39 is 10.7 Å². The molecule has 2 rings (SSSR count). The van der Waals surface area contributed by atoms with Crippen LogP contribution in [-0.4, -0.2) is 16.5 Å². The van der Waals surface area contributed by atoms with Gasteiger partial charge in [-0.05, 0) is 31.2 Å². The molecule has 0 fully saturated rings. The van der Waals surface area contributed by atoms with Crippen LogP contribution in [0.4, 0.5) is 27.4 Å². The number of aromatic nitrogens is 1. The summed E-state index contributed by atoms with van der Waals surface area (Å²) in [5.74, 6) is -0.0449. The third-order valence-corrected chi connectivity index (χ3v) is 2.94. The molecule has 1 heterocycles. The minimum absolute atomic E-state index is 0.00838. The van der Waals surface area contributed by atoms with Crippen LogP contribution in [-0.2, 0) is 0 Å². The van der Waals surface area contributed by atoms with E-state index in [1.165, 1.54) is 24.3 Å². The topological polar surface area (TPSA) is 80.1 Å². The number of benzene rings is 1. The quantitative estimate of drug-likeness (QED) is 0.645. The summed E-state index contributed by atoms with van der Waals surface area (Å²) in [6, 6.07) is 6.53. The average Bonchev–Trinajstić information content (AvgIpc) is 2.43. The Bertz CT molecular complexity index is 681. The Labute approximate surface area is 125 Å². The predicted octanol–water partition coefficient (Wildman–Crippen LogP) is 3.96. The molecule has 0 radical (unpaired) electrons. The van der Waals surface area contributed by atoms with Gasteiger partial charge in [-0.3, -0.25) is 10.1 Å². The number of halogens is 2. The van der Waals surface area contributed by atoms with Crippen LogP contribution < -0.4 is 10.6 Å². The van der Waals surface area contributed by atoms with E-state index in [4.69, 9.17) is 11.6 Å². The van der Waals surface area contributed by atoms with E-state index in [0.717, 1.165) is 6.07 Å². The summed E-state index contributed by atoms with van der Waals surface area (Å²) in [4.78, 5) is 14.6. The Morgan fingerprint density at radius 2 is 2.14 bits per heavy atom. The maximum atomic E-state index is 13.2. The number of rotatable bonds is 5. The van der Waals surface area contributed by atoms with Gasteiger partial charge in [0.15, 0.2) is 0 Å². The van der Waals surface area contributed by atoms with Crippen LogP contribution in [0.15, 0.2) is 30.3 Å². The average molecular weight is 311 g/mol. The van der Waals surface area contributed by atoms with Gasteiger partial charge in [-0.25, -0.2) is 9.37 Å². The molecule has 0 bridgehead atoms. The molecule has 0 saturated carbocycles. The molecule has 110 valence electrons. The van der Waals surface area contributed by atoms with Crippen LogP contribution >= 0.6 is 11.6 Å². The normalized spacial score (nSPS) is 10.2. The standard InChI is InChI=1S/C13H12ClFN4O2/c1-2-16-12-6-5-11(19(20)21)13(18-12)17-10-7-8(15)3-4-9(10)14/h3-7H,2H2,1H3,(H2,16,17,18). The van der Waals surface area contributed by atoms with Crippen molar-refractivity contribution in [3.63, 3.8) is 0 Å². The molecule has 0 aliphatic carbocycles. The van der Waals surface area contributed by atoms with E-state index in [0.29, 0.717) is 12.4 Å². The fraction of sp³-hybridized carbons (Fsp3) is 0.154. The van der Waals surface area contributed by atoms with Gasteiger partial charge in [-0.1, -0.05) is 11.6 Å². The van der Waals surface area contributed by atoms with E-state index in [1.807, 2.05) is 6.92 Å². The first-order chi connectivity index (χ1) is 10.0. The summed E-state index contributed by atoms with van der Waals surface area (Å²) in [7, 11) is 0. The third-order valence-electron chi connectivity index (χ3n) is 2.61. The van der Waals surface area contributed by atoms with Gasteiger partial charge in [0.1, 0.15) is 11.6 Å².